The number of nitrogens with one attached hydrogen (secondary N) is 2. The zero-order chi connectivity index (χ0) is 18.7. The molecule has 0 bridgehead atoms. The number of ether oxygens (including phenoxy) is 1. The maximum absolute atomic E-state index is 13.6. The number of benzene rings is 2. The molecule has 0 saturated heterocycles. The van der Waals surface area contributed by atoms with Crippen molar-refractivity contribution in [2.24, 2.45) is 0 Å². The van der Waals surface area contributed by atoms with Gasteiger partial charge in [-0.2, -0.15) is 22.7 Å². The molecule has 3 rings (SSSR count). The Kier molecular flexibility index (Phi) is 4.79. The zero-order valence-electron chi connectivity index (χ0n) is 13.1. The van der Waals surface area contributed by atoms with Gasteiger partial charge in [0.05, 0.1) is 0 Å². The van der Waals surface area contributed by atoms with Crippen molar-refractivity contribution < 1.29 is 26.7 Å². The fourth-order valence-corrected chi connectivity index (χ4v) is 2.22. The van der Waals surface area contributed by atoms with E-state index >= 15 is 0 Å². The molecular weight excluding hydrogens is 357 g/mol. The van der Waals surface area contributed by atoms with Crippen LogP contribution in [-0.2, 0) is 12.7 Å². The van der Waals surface area contributed by atoms with Gasteiger partial charge in [-0.15, -0.1) is 0 Å². The minimum Gasteiger partial charge on any atom is -0.454 e. The fraction of sp³-hybridized carbons (Fsp3) is 0.118. The van der Waals surface area contributed by atoms with Crippen molar-refractivity contribution in [3.63, 3.8) is 0 Å². The van der Waals surface area contributed by atoms with Gasteiger partial charge in [0.25, 0.3) is 0 Å². The van der Waals surface area contributed by atoms with Crippen LogP contribution in [0.2, 0.25) is 0 Å². The Bertz CT molecular complexity index is 890. The molecule has 136 valence electrons. The molecule has 0 atom stereocenters. The molecule has 0 unspecified atom stereocenters. The summed E-state index contributed by atoms with van der Waals surface area (Å²) in [6, 6.07) is 9.61. The summed E-state index contributed by atoms with van der Waals surface area (Å²) in [6.45, 7) is -0.0932. The first-order valence-corrected chi connectivity index (χ1v) is 7.40. The second kappa shape index (κ2) is 7.03. The first-order chi connectivity index (χ1) is 12.3. The fourth-order valence-electron chi connectivity index (χ4n) is 2.22. The van der Waals surface area contributed by atoms with E-state index in [1.807, 2.05) is 0 Å². The third-order valence-electron chi connectivity index (χ3n) is 3.47. The molecule has 2 N–H and O–H groups in total. The van der Waals surface area contributed by atoms with E-state index in [0.29, 0.717) is 5.69 Å². The number of halogens is 5. The van der Waals surface area contributed by atoms with E-state index in [1.165, 1.54) is 30.5 Å². The normalized spacial score (nSPS) is 11.4. The predicted molar refractivity (Wildman–Crippen MR) is 83.8 cm³/mol. The minimum absolute atomic E-state index is 0.0281. The van der Waals surface area contributed by atoms with Crippen molar-refractivity contribution in [1.29, 1.82) is 0 Å². The van der Waals surface area contributed by atoms with Crippen LogP contribution in [0.4, 0.5) is 27.6 Å². The smallest absolute Gasteiger partial charge is 0.435 e. The first-order valence-electron chi connectivity index (χ1n) is 7.40. The molecule has 0 aliphatic carbocycles. The molecule has 1 aromatic heterocycles. The summed E-state index contributed by atoms with van der Waals surface area (Å²) >= 11 is 0. The molecule has 0 aliphatic heterocycles. The first kappa shape index (κ1) is 17.7. The van der Waals surface area contributed by atoms with E-state index in [-0.39, 0.29) is 23.6 Å². The molecule has 0 fully saturated rings. The van der Waals surface area contributed by atoms with Gasteiger partial charge in [-0.3, -0.25) is 5.10 Å². The van der Waals surface area contributed by atoms with Crippen molar-refractivity contribution in [2.75, 3.05) is 5.32 Å². The predicted octanol–water partition coefficient (Wildman–Crippen LogP) is 5.11. The highest BCUT2D eigenvalue weighted by Gasteiger charge is 2.36. The summed E-state index contributed by atoms with van der Waals surface area (Å²) in [4.78, 5) is 0. The van der Waals surface area contributed by atoms with Gasteiger partial charge in [-0.05, 0) is 36.4 Å². The van der Waals surface area contributed by atoms with Crippen molar-refractivity contribution >= 4 is 5.69 Å². The molecule has 0 amide bonds. The lowest BCUT2D eigenvalue weighted by molar-refractivity contribution is -0.141. The Balaban J connectivity index is 1.65. The molecule has 1 heterocycles. The number of aromatic nitrogens is 2. The van der Waals surface area contributed by atoms with E-state index in [9.17, 15) is 22.0 Å². The van der Waals surface area contributed by atoms with Gasteiger partial charge >= 0.3 is 6.18 Å². The molecule has 0 spiro atoms. The van der Waals surface area contributed by atoms with Gasteiger partial charge in [0, 0.05) is 24.0 Å². The number of alkyl halides is 3. The highest BCUT2D eigenvalue weighted by Crippen LogP contribution is 2.31. The Hall–Kier alpha value is -3.10. The summed E-state index contributed by atoms with van der Waals surface area (Å²) in [7, 11) is 0. The third kappa shape index (κ3) is 3.93. The van der Waals surface area contributed by atoms with Crippen LogP contribution in [0.1, 0.15) is 11.3 Å². The van der Waals surface area contributed by atoms with E-state index < -0.39 is 23.5 Å². The second-order valence-electron chi connectivity index (χ2n) is 5.29. The highest BCUT2D eigenvalue weighted by molar-refractivity contribution is 5.48. The number of nitrogens with zero attached hydrogens (tertiary/aromatic N) is 1. The summed E-state index contributed by atoms with van der Waals surface area (Å²) in [5.41, 5.74) is -0.488. The van der Waals surface area contributed by atoms with Gasteiger partial charge in [0.1, 0.15) is 5.75 Å². The van der Waals surface area contributed by atoms with Crippen LogP contribution >= 0.6 is 0 Å². The topological polar surface area (TPSA) is 49.9 Å². The van der Waals surface area contributed by atoms with Gasteiger partial charge < -0.3 is 10.1 Å². The van der Waals surface area contributed by atoms with Crippen LogP contribution in [-0.4, -0.2) is 10.2 Å². The third-order valence-corrected chi connectivity index (χ3v) is 3.47. The quantitative estimate of drug-likeness (QED) is 0.615. The number of aromatic amines is 1. The lowest BCUT2D eigenvalue weighted by Crippen LogP contribution is -2.11. The van der Waals surface area contributed by atoms with Gasteiger partial charge in [0.2, 0.25) is 5.82 Å². The van der Waals surface area contributed by atoms with Crippen molar-refractivity contribution in [3.8, 4) is 11.5 Å². The summed E-state index contributed by atoms with van der Waals surface area (Å²) in [5, 5.41) is 8.21. The van der Waals surface area contributed by atoms with Gasteiger partial charge in [-0.1, -0.05) is 6.07 Å². The molecule has 26 heavy (non-hydrogen) atoms. The Labute approximate surface area is 144 Å². The largest absolute Gasteiger partial charge is 0.454 e. The van der Waals surface area contributed by atoms with E-state index in [0.717, 1.165) is 6.07 Å². The minimum atomic E-state index is -4.54. The molecule has 9 heteroatoms. The molecule has 0 aliphatic rings. The lowest BCUT2D eigenvalue weighted by Gasteiger charge is -2.10. The van der Waals surface area contributed by atoms with Crippen LogP contribution in [0, 0.1) is 11.6 Å². The molecule has 4 nitrogen and oxygen atoms in total. The highest BCUT2D eigenvalue weighted by atomic mass is 19.4. The Morgan fingerprint density at radius 2 is 1.77 bits per heavy atom. The van der Waals surface area contributed by atoms with Crippen molar-refractivity contribution in [2.45, 2.75) is 12.7 Å². The molecule has 3 aromatic rings. The average Bonchev–Trinajstić information content (AvgIpc) is 3.07. The van der Waals surface area contributed by atoms with Crippen LogP contribution in [0.5, 0.6) is 11.5 Å². The standard InChI is InChI=1S/C17H12F5N3O/c18-13-2-1-3-14(15(13)19)26-12-6-4-11(5-7-12)23-8-10-9-24-25-16(10)17(20,21)22/h1-7,9,23H,8H2,(H,24,25). The van der Waals surface area contributed by atoms with E-state index in [2.05, 4.69) is 15.5 Å². The molecule has 2 aromatic carbocycles. The Morgan fingerprint density at radius 3 is 2.46 bits per heavy atom. The van der Waals surface area contributed by atoms with Crippen LogP contribution in [0.3, 0.4) is 0 Å². The SMILES string of the molecule is Fc1cccc(Oc2ccc(NCc3c[nH]nc3C(F)(F)F)cc2)c1F. The van der Waals surface area contributed by atoms with Crippen molar-refractivity contribution in [1.82, 2.24) is 10.2 Å². The van der Waals surface area contributed by atoms with Crippen molar-refractivity contribution in [3.05, 3.63) is 71.6 Å². The Morgan fingerprint density at radius 1 is 1.04 bits per heavy atom. The number of hydrogen-bond acceptors (Lipinski definition) is 3. The zero-order valence-corrected chi connectivity index (χ0v) is 13.1. The number of hydrogen-bond donors (Lipinski definition) is 2. The van der Waals surface area contributed by atoms with Crippen LogP contribution in [0.25, 0.3) is 0 Å². The lowest BCUT2D eigenvalue weighted by atomic mass is 10.2. The maximum Gasteiger partial charge on any atom is 0.435 e. The molecule has 0 radical (unpaired) electrons. The average molecular weight is 369 g/mol. The summed E-state index contributed by atoms with van der Waals surface area (Å²) in [5.74, 6) is -2.14. The molecular formula is C17H12F5N3O. The number of rotatable bonds is 5. The second-order valence-corrected chi connectivity index (χ2v) is 5.29. The van der Waals surface area contributed by atoms with E-state index in [4.69, 9.17) is 4.74 Å². The summed E-state index contributed by atoms with van der Waals surface area (Å²) < 4.78 is 70.2. The van der Waals surface area contributed by atoms with E-state index in [1.54, 1.807) is 12.1 Å². The van der Waals surface area contributed by atoms with Crippen LogP contribution in [0.15, 0.2) is 48.7 Å². The van der Waals surface area contributed by atoms with Gasteiger partial charge in [-0.25, -0.2) is 4.39 Å². The number of H-pyrrole nitrogens is 1. The number of anilines is 1. The van der Waals surface area contributed by atoms with Gasteiger partial charge in [0.15, 0.2) is 17.3 Å². The maximum atomic E-state index is 13.6. The summed E-state index contributed by atoms with van der Waals surface area (Å²) in [6.07, 6.45) is -3.37. The van der Waals surface area contributed by atoms with Crippen LogP contribution < -0.4 is 10.1 Å². The molecule has 0 saturated carbocycles. The monoisotopic (exact) mass is 369 g/mol.